The fourth-order valence-corrected chi connectivity index (χ4v) is 2.23. The third kappa shape index (κ3) is 3.88. The number of nitrogens with zero attached hydrogens (tertiary/aromatic N) is 1. The Morgan fingerprint density at radius 1 is 1.25 bits per heavy atom. The average molecular weight is 260 g/mol. The van der Waals surface area contributed by atoms with E-state index in [2.05, 4.69) is 38.8 Å². The topological polar surface area (TPSA) is 3.24 Å². The molecule has 0 heterocycles. The van der Waals surface area contributed by atoms with Gasteiger partial charge in [-0.1, -0.05) is 38.4 Å². The quantitative estimate of drug-likeness (QED) is 0.720. The van der Waals surface area contributed by atoms with Crippen molar-refractivity contribution < 1.29 is 0 Å². The second-order valence-corrected chi connectivity index (χ2v) is 6.00. The molecule has 0 aliphatic carbocycles. The van der Waals surface area contributed by atoms with E-state index in [-0.39, 0.29) is 5.41 Å². The number of benzene rings is 1. The summed E-state index contributed by atoms with van der Waals surface area (Å²) in [6.07, 6.45) is 0. The molecular weight excluding hydrogens is 241 g/mol. The van der Waals surface area contributed by atoms with E-state index in [0.29, 0.717) is 5.88 Å². The van der Waals surface area contributed by atoms with Gasteiger partial charge in [0.15, 0.2) is 0 Å². The largest absolute Gasteiger partial charge is 0.374 e. The van der Waals surface area contributed by atoms with E-state index in [9.17, 15) is 0 Å². The molecule has 0 spiro atoms. The Morgan fingerprint density at radius 3 is 2.31 bits per heavy atom. The lowest BCUT2D eigenvalue weighted by atomic mass is 9.96. The van der Waals surface area contributed by atoms with Crippen LogP contribution in [0.2, 0.25) is 5.02 Å². The van der Waals surface area contributed by atoms with Crippen LogP contribution in [0.25, 0.3) is 0 Å². The predicted octanol–water partition coefficient (Wildman–Crippen LogP) is 4.56. The summed E-state index contributed by atoms with van der Waals surface area (Å²) in [5.74, 6) is 0.460. The van der Waals surface area contributed by atoms with E-state index in [4.69, 9.17) is 23.2 Å². The van der Waals surface area contributed by atoms with Gasteiger partial charge in [-0.2, -0.15) is 0 Å². The van der Waals surface area contributed by atoms with Crippen molar-refractivity contribution in [3.8, 4) is 0 Å². The molecular formula is C13H19Cl2N. The zero-order valence-electron chi connectivity index (χ0n) is 10.3. The molecule has 0 aromatic heterocycles. The second-order valence-electron chi connectivity index (χ2n) is 5.33. The molecule has 0 radical (unpaired) electrons. The first-order chi connectivity index (χ1) is 7.33. The molecule has 0 unspecified atom stereocenters. The summed E-state index contributed by atoms with van der Waals surface area (Å²) in [5, 5.41) is 0.744. The van der Waals surface area contributed by atoms with E-state index in [1.807, 2.05) is 12.1 Å². The van der Waals surface area contributed by atoms with Gasteiger partial charge in [0, 0.05) is 30.2 Å². The maximum atomic E-state index is 6.13. The minimum absolute atomic E-state index is 0.270. The lowest BCUT2D eigenvalue weighted by Crippen LogP contribution is -2.29. The van der Waals surface area contributed by atoms with Crippen LogP contribution >= 0.6 is 23.2 Å². The summed E-state index contributed by atoms with van der Waals surface area (Å²) in [6, 6.07) is 6.03. The van der Waals surface area contributed by atoms with Crippen molar-refractivity contribution in [2.75, 3.05) is 18.5 Å². The van der Waals surface area contributed by atoms with Gasteiger partial charge in [-0.05, 0) is 23.1 Å². The summed E-state index contributed by atoms with van der Waals surface area (Å²) in [7, 11) is 2.08. The number of anilines is 1. The van der Waals surface area contributed by atoms with Gasteiger partial charge >= 0.3 is 0 Å². The predicted molar refractivity (Wildman–Crippen MR) is 73.7 cm³/mol. The van der Waals surface area contributed by atoms with Crippen molar-refractivity contribution in [2.24, 2.45) is 5.41 Å². The Balaban J connectivity index is 2.85. The molecule has 1 rings (SSSR count). The Hall–Kier alpha value is -0.400. The lowest BCUT2D eigenvalue weighted by Gasteiger charge is -2.28. The monoisotopic (exact) mass is 259 g/mol. The van der Waals surface area contributed by atoms with Crippen LogP contribution in [0.4, 0.5) is 5.69 Å². The zero-order chi connectivity index (χ0) is 12.3. The van der Waals surface area contributed by atoms with Crippen LogP contribution in [0, 0.1) is 5.41 Å². The maximum Gasteiger partial charge on any atom is 0.0488 e. The van der Waals surface area contributed by atoms with Gasteiger partial charge in [0.25, 0.3) is 0 Å². The first-order valence-electron chi connectivity index (χ1n) is 5.39. The summed E-state index contributed by atoms with van der Waals surface area (Å²) >= 11 is 11.9. The first kappa shape index (κ1) is 13.7. The van der Waals surface area contributed by atoms with Crippen LogP contribution in [-0.4, -0.2) is 13.6 Å². The Morgan fingerprint density at radius 2 is 1.88 bits per heavy atom. The van der Waals surface area contributed by atoms with E-state index >= 15 is 0 Å². The van der Waals surface area contributed by atoms with Crippen molar-refractivity contribution >= 4 is 28.9 Å². The zero-order valence-corrected chi connectivity index (χ0v) is 11.9. The summed E-state index contributed by atoms with van der Waals surface area (Å²) in [4.78, 5) is 2.21. The van der Waals surface area contributed by atoms with E-state index < -0.39 is 0 Å². The second kappa shape index (κ2) is 5.29. The molecule has 0 bridgehead atoms. The number of halogens is 2. The fourth-order valence-electron chi connectivity index (χ4n) is 1.68. The van der Waals surface area contributed by atoms with Crippen LogP contribution in [0.1, 0.15) is 26.3 Å². The molecule has 0 amide bonds. The van der Waals surface area contributed by atoms with Gasteiger partial charge in [-0.15, -0.1) is 11.6 Å². The molecule has 0 fully saturated rings. The van der Waals surface area contributed by atoms with Gasteiger partial charge in [0.05, 0.1) is 0 Å². The van der Waals surface area contributed by atoms with Gasteiger partial charge in [-0.25, -0.2) is 0 Å². The van der Waals surface area contributed by atoms with Crippen molar-refractivity contribution in [2.45, 2.75) is 26.7 Å². The molecule has 1 nitrogen and oxygen atoms in total. The maximum absolute atomic E-state index is 6.13. The third-order valence-corrected chi connectivity index (χ3v) is 2.97. The highest BCUT2D eigenvalue weighted by atomic mass is 35.5. The van der Waals surface area contributed by atoms with Crippen molar-refractivity contribution in [1.82, 2.24) is 0 Å². The molecule has 90 valence electrons. The van der Waals surface area contributed by atoms with Crippen molar-refractivity contribution in [3.63, 3.8) is 0 Å². The van der Waals surface area contributed by atoms with E-state index in [1.165, 1.54) is 0 Å². The van der Waals surface area contributed by atoms with E-state index in [0.717, 1.165) is 22.8 Å². The third-order valence-electron chi connectivity index (χ3n) is 2.33. The van der Waals surface area contributed by atoms with Crippen molar-refractivity contribution in [3.05, 3.63) is 28.8 Å². The van der Waals surface area contributed by atoms with Crippen LogP contribution in [-0.2, 0) is 5.88 Å². The van der Waals surface area contributed by atoms with Crippen LogP contribution in [0.5, 0.6) is 0 Å². The molecule has 0 saturated heterocycles. The van der Waals surface area contributed by atoms with Gasteiger partial charge in [0.1, 0.15) is 0 Å². The van der Waals surface area contributed by atoms with Crippen LogP contribution < -0.4 is 4.90 Å². The molecule has 1 aromatic carbocycles. The normalized spacial score (nSPS) is 11.6. The lowest BCUT2D eigenvalue weighted by molar-refractivity contribution is 0.419. The standard InChI is InChI=1S/C13H19Cl2N/c1-13(2,3)9-16(4)11-6-5-10(8-14)12(15)7-11/h5-7H,8-9H2,1-4H3. The highest BCUT2D eigenvalue weighted by molar-refractivity contribution is 6.32. The summed E-state index contributed by atoms with van der Waals surface area (Å²) in [6.45, 7) is 7.65. The molecule has 0 N–H and O–H groups in total. The summed E-state index contributed by atoms with van der Waals surface area (Å²) in [5.41, 5.74) is 2.39. The molecule has 0 aliphatic heterocycles. The Labute approximate surface area is 108 Å². The van der Waals surface area contributed by atoms with Gasteiger partial charge < -0.3 is 4.90 Å². The average Bonchev–Trinajstić information content (AvgIpc) is 2.15. The van der Waals surface area contributed by atoms with Crippen LogP contribution in [0.15, 0.2) is 18.2 Å². The highest BCUT2D eigenvalue weighted by Crippen LogP contribution is 2.26. The van der Waals surface area contributed by atoms with Crippen LogP contribution in [0.3, 0.4) is 0 Å². The highest BCUT2D eigenvalue weighted by Gasteiger charge is 2.14. The number of rotatable bonds is 3. The fraction of sp³-hybridized carbons (Fsp3) is 0.538. The summed E-state index contributed by atoms with van der Waals surface area (Å²) < 4.78 is 0. The SMILES string of the molecule is CN(CC(C)(C)C)c1ccc(CCl)c(Cl)c1. The van der Waals surface area contributed by atoms with Gasteiger partial charge in [0.2, 0.25) is 0 Å². The smallest absolute Gasteiger partial charge is 0.0488 e. The molecule has 0 atom stereocenters. The Bertz CT molecular complexity index is 355. The first-order valence-corrected chi connectivity index (χ1v) is 6.30. The van der Waals surface area contributed by atoms with Crippen molar-refractivity contribution in [1.29, 1.82) is 0 Å². The molecule has 3 heteroatoms. The molecule has 16 heavy (non-hydrogen) atoms. The molecule has 0 saturated carbocycles. The molecule has 1 aromatic rings. The molecule has 0 aliphatic rings. The number of hydrogen-bond acceptors (Lipinski definition) is 1. The van der Waals surface area contributed by atoms with Gasteiger partial charge in [-0.3, -0.25) is 0 Å². The van der Waals surface area contributed by atoms with E-state index in [1.54, 1.807) is 0 Å². The minimum atomic E-state index is 0.270. The minimum Gasteiger partial charge on any atom is -0.374 e. The Kier molecular flexibility index (Phi) is 4.52. The number of hydrogen-bond donors (Lipinski definition) is 0. The number of alkyl halides is 1.